The maximum absolute atomic E-state index is 13.6. The van der Waals surface area contributed by atoms with Crippen molar-refractivity contribution in [1.29, 1.82) is 0 Å². The van der Waals surface area contributed by atoms with Crippen molar-refractivity contribution >= 4 is 40.7 Å². The molecule has 0 saturated heterocycles. The lowest BCUT2D eigenvalue weighted by molar-refractivity contribution is -0.122. The van der Waals surface area contributed by atoms with Crippen molar-refractivity contribution in [1.82, 2.24) is 0 Å². The van der Waals surface area contributed by atoms with Crippen molar-refractivity contribution in [2.75, 3.05) is 23.4 Å². The Balaban J connectivity index is 1.71. The largest absolute Gasteiger partial charge is 0.486 e. The van der Waals surface area contributed by atoms with Crippen LogP contribution in [0.3, 0.4) is 0 Å². The van der Waals surface area contributed by atoms with E-state index in [1.165, 1.54) is 24.0 Å². The molecule has 3 aromatic carbocycles. The van der Waals surface area contributed by atoms with Gasteiger partial charge in [0.15, 0.2) is 11.5 Å². The van der Waals surface area contributed by atoms with E-state index in [9.17, 15) is 14.4 Å². The van der Waals surface area contributed by atoms with E-state index in [0.717, 1.165) is 0 Å². The molecule has 1 unspecified atom stereocenters. The van der Waals surface area contributed by atoms with Gasteiger partial charge in [-0.2, -0.15) is 0 Å². The number of carbonyl (C=O) groups is 3. The van der Waals surface area contributed by atoms with E-state index in [0.29, 0.717) is 46.7 Å². The monoisotopic (exact) mass is 479 g/mol. The molecule has 1 atom stereocenters. The minimum Gasteiger partial charge on any atom is -0.486 e. The predicted octanol–water partition coefficient (Wildman–Crippen LogP) is 3.94. The van der Waals surface area contributed by atoms with Gasteiger partial charge in [-0.15, -0.1) is 0 Å². The molecule has 3 aromatic rings. The van der Waals surface area contributed by atoms with Crippen LogP contribution in [0.25, 0.3) is 0 Å². The molecular weight excluding hydrogens is 458 g/mol. The lowest BCUT2D eigenvalue weighted by atomic mass is 10.0. The number of anilines is 2. The zero-order valence-electron chi connectivity index (χ0n) is 18.3. The van der Waals surface area contributed by atoms with Gasteiger partial charge in [-0.1, -0.05) is 23.7 Å². The maximum atomic E-state index is 13.6. The number of hydrogen-bond donors (Lipinski definition) is 2. The number of ether oxygens (including phenoxy) is 2. The average molecular weight is 480 g/mol. The van der Waals surface area contributed by atoms with Gasteiger partial charge in [0, 0.05) is 35.0 Å². The third-order valence-electron chi connectivity index (χ3n) is 5.27. The Kier molecular flexibility index (Phi) is 6.70. The summed E-state index contributed by atoms with van der Waals surface area (Å²) in [4.78, 5) is 39.2. The van der Waals surface area contributed by atoms with Gasteiger partial charge < -0.3 is 20.5 Å². The summed E-state index contributed by atoms with van der Waals surface area (Å²) >= 11 is 6.05. The van der Waals surface area contributed by atoms with Crippen LogP contribution in [0.5, 0.6) is 11.5 Å². The van der Waals surface area contributed by atoms with Crippen LogP contribution in [0.4, 0.5) is 11.4 Å². The van der Waals surface area contributed by atoms with Crippen LogP contribution in [0, 0.1) is 0 Å². The van der Waals surface area contributed by atoms with Gasteiger partial charge in [-0.3, -0.25) is 19.3 Å². The molecule has 0 radical (unpaired) electrons. The second-order valence-corrected chi connectivity index (χ2v) is 8.04. The summed E-state index contributed by atoms with van der Waals surface area (Å²) in [6, 6.07) is 16.9. The molecule has 0 bridgehead atoms. The summed E-state index contributed by atoms with van der Waals surface area (Å²) in [5.74, 6) is -0.292. The number of amides is 3. The highest BCUT2D eigenvalue weighted by Gasteiger charge is 2.31. The quantitative estimate of drug-likeness (QED) is 0.556. The molecule has 0 fully saturated rings. The molecule has 9 heteroatoms. The third kappa shape index (κ3) is 4.97. The van der Waals surface area contributed by atoms with Crippen LogP contribution in [0.2, 0.25) is 5.02 Å². The standard InChI is InChI=1S/C25H22ClN3O5/c1-15(30)29(20-9-4-17(5-10-20)24(27)31)23(16-2-6-18(26)7-3-16)25(32)28-19-8-11-21-22(14-19)34-13-12-33-21/h2-11,14,23H,12-13H2,1H3,(H2,27,31)(H,28,32). The molecule has 0 aromatic heterocycles. The van der Waals surface area contributed by atoms with Crippen molar-refractivity contribution in [3.8, 4) is 11.5 Å². The van der Waals surface area contributed by atoms with Crippen LogP contribution in [-0.2, 0) is 9.59 Å². The summed E-state index contributed by atoms with van der Waals surface area (Å²) in [6.07, 6.45) is 0. The highest BCUT2D eigenvalue weighted by atomic mass is 35.5. The van der Waals surface area contributed by atoms with Crippen LogP contribution in [0.1, 0.15) is 28.9 Å². The number of halogens is 1. The smallest absolute Gasteiger partial charge is 0.252 e. The number of benzene rings is 3. The normalized spacial score (nSPS) is 13.0. The lowest BCUT2D eigenvalue weighted by Crippen LogP contribution is -2.40. The molecule has 1 aliphatic rings. The Labute approximate surface area is 201 Å². The molecule has 3 amide bonds. The summed E-state index contributed by atoms with van der Waals surface area (Å²) < 4.78 is 11.1. The van der Waals surface area contributed by atoms with Crippen LogP contribution < -0.4 is 25.4 Å². The molecular formula is C25H22ClN3O5. The fourth-order valence-electron chi connectivity index (χ4n) is 3.69. The van der Waals surface area contributed by atoms with Crippen molar-refractivity contribution in [3.63, 3.8) is 0 Å². The van der Waals surface area contributed by atoms with E-state index >= 15 is 0 Å². The first-order chi connectivity index (χ1) is 16.3. The van der Waals surface area contributed by atoms with E-state index in [2.05, 4.69) is 5.32 Å². The molecule has 4 rings (SSSR count). The van der Waals surface area contributed by atoms with Gasteiger partial charge in [-0.25, -0.2) is 0 Å². The number of nitrogens with one attached hydrogen (secondary N) is 1. The first-order valence-electron chi connectivity index (χ1n) is 10.5. The summed E-state index contributed by atoms with van der Waals surface area (Å²) in [7, 11) is 0. The Hall–Kier alpha value is -4.04. The van der Waals surface area contributed by atoms with Gasteiger partial charge in [0.25, 0.3) is 5.91 Å². The zero-order valence-corrected chi connectivity index (χ0v) is 19.0. The Morgan fingerprint density at radius 2 is 1.59 bits per heavy atom. The van der Waals surface area contributed by atoms with Crippen molar-refractivity contribution < 1.29 is 23.9 Å². The second-order valence-electron chi connectivity index (χ2n) is 7.60. The van der Waals surface area contributed by atoms with E-state index in [1.54, 1.807) is 54.6 Å². The van der Waals surface area contributed by atoms with E-state index in [1.807, 2.05) is 0 Å². The van der Waals surface area contributed by atoms with E-state index < -0.39 is 17.9 Å². The number of fused-ring (bicyclic) bond motifs is 1. The molecule has 1 aliphatic heterocycles. The SMILES string of the molecule is CC(=O)N(c1ccc(C(N)=O)cc1)C(C(=O)Nc1ccc2c(c1)OCCO2)c1ccc(Cl)cc1. The zero-order chi connectivity index (χ0) is 24.2. The summed E-state index contributed by atoms with van der Waals surface area (Å²) in [5, 5.41) is 3.36. The van der Waals surface area contributed by atoms with Crippen LogP contribution >= 0.6 is 11.6 Å². The molecule has 34 heavy (non-hydrogen) atoms. The number of nitrogens with zero attached hydrogens (tertiary/aromatic N) is 1. The highest BCUT2D eigenvalue weighted by molar-refractivity contribution is 6.30. The number of carbonyl (C=O) groups excluding carboxylic acids is 3. The Bertz CT molecular complexity index is 1230. The Morgan fingerprint density at radius 3 is 2.21 bits per heavy atom. The third-order valence-corrected chi connectivity index (χ3v) is 5.52. The van der Waals surface area contributed by atoms with E-state index in [4.69, 9.17) is 26.8 Å². The minimum atomic E-state index is -1.03. The molecule has 8 nitrogen and oxygen atoms in total. The van der Waals surface area contributed by atoms with Crippen LogP contribution in [-0.4, -0.2) is 30.9 Å². The van der Waals surface area contributed by atoms with Gasteiger partial charge in [0.1, 0.15) is 19.3 Å². The molecule has 1 heterocycles. The Morgan fingerprint density at radius 1 is 0.941 bits per heavy atom. The van der Waals surface area contributed by atoms with Crippen molar-refractivity contribution in [3.05, 3.63) is 82.9 Å². The van der Waals surface area contributed by atoms with Gasteiger partial charge >= 0.3 is 0 Å². The number of rotatable bonds is 6. The topological polar surface area (TPSA) is 111 Å². The molecule has 0 spiro atoms. The fourth-order valence-corrected chi connectivity index (χ4v) is 3.82. The fraction of sp³-hybridized carbons (Fsp3) is 0.160. The van der Waals surface area contributed by atoms with Gasteiger partial charge in [0.05, 0.1) is 0 Å². The lowest BCUT2D eigenvalue weighted by Gasteiger charge is -2.31. The van der Waals surface area contributed by atoms with Crippen molar-refractivity contribution in [2.24, 2.45) is 5.73 Å². The summed E-state index contributed by atoms with van der Waals surface area (Å²) in [6.45, 7) is 2.24. The number of nitrogens with two attached hydrogens (primary N) is 1. The summed E-state index contributed by atoms with van der Waals surface area (Å²) in [5.41, 5.74) is 7.08. The van der Waals surface area contributed by atoms with E-state index in [-0.39, 0.29) is 11.5 Å². The molecule has 3 N–H and O–H groups in total. The highest BCUT2D eigenvalue weighted by Crippen LogP contribution is 2.34. The maximum Gasteiger partial charge on any atom is 0.252 e. The van der Waals surface area contributed by atoms with Crippen molar-refractivity contribution in [2.45, 2.75) is 13.0 Å². The minimum absolute atomic E-state index is 0.288. The molecule has 0 saturated carbocycles. The number of primary amides is 1. The first kappa shape index (κ1) is 23.1. The second kappa shape index (κ2) is 9.84. The van der Waals surface area contributed by atoms with Gasteiger partial charge in [-0.05, 0) is 54.1 Å². The molecule has 174 valence electrons. The molecule has 0 aliphatic carbocycles. The van der Waals surface area contributed by atoms with Gasteiger partial charge in [0.2, 0.25) is 11.8 Å². The van der Waals surface area contributed by atoms with Crippen LogP contribution in [0.15, 0.2) is 66.7 Å². The number of hydrogen-bond acceptors (Lipinski definition) is 5. The predicted molar refractivity (Wildman–Crippen MR) is 128 cm³/mol. The average Bonchev–Trinajstić information content (AvgIpc) is 2.83. The first-order valence-corrected chi connectivity index (χ1v) is 10.9.